The summed E-state index contributed by atoms with van der Waals surface area (Å²) in [6.45, 7) is 1.94. The number of hydrogen-bond acceptors (Lipinski definition) is 5. The minimum atomic E-state index is -0.356. The average molecular weight is 365 g/mol. The first kappa shape index (κ1) is 17.0. The van der Waals surface area contributed by atoms with E-state index in [9.17, 15) is 5.11 Å². The number of ether oxygens (including phenoxy) is 1. The molecule has 142 valence electrons. The lowest BCUT2D eigenvalue weighted by Crippen LogP contribution is -2.72. The molecule has 2 bridgehead atoms. The lowest BCUT2D eigenvalue weighted by atomic mass is 9.73. The van der Waals surface area contributed by atoms with Crippen LogP contribution in [0.25, 0.3) is 0 Å². The minimum Gasteiger partial charge on any atom is -0.508 e. The van der Waals surface area contributed by atoms with Gasteiger partial charge in [-0.05, 0) is 33.3 Å². The maximum absolute atomic E-state index is 10.7. The molecule has 5 rings (SSSR count). The fraction of sp³-hybridized carbons (Fsp3) is 0.455. The lowest BCUT2D eigenvalue weighted by molar-refractivity contribution is -0.257. The van der Waals surface area contributed by atoms with E-state index < -0.39 is 0 Å². The van der Waals surface area contributed by atoms with Gasteiger partial charge in [0.1, 0.15) is 11.5 Å². The number of nitrogens with zero attached hydrogens (tertiary/aromatic N) is 3. The monoisotopic (exact) mass is 365 g/mol. The van der Waals surface area contributed by atoms with Crippen molar-refractivity contribution in [3.05, 3.63) is 59.7 Å². The number of piperidine rings is 1. The van der Waals surface area contributed by atoms with Gasteiger partial charge in [0.25, 0.3) is 0 Å². The summed E-state index contributed by atoms with van der Waals surface area (Å²) in [5.41, 5.74) is 1.84. The molecule has 5 heteroatoms. The molecule has 5 nitrogen and oxygen atoms in total. The van der Waals surface area contributed by atoms with E-state index in [0.717, 1.165) is 30.8 Å². The molecule has 0 amide bonds. The van der Waals surface area contributed by atoms with Gasteiger partial charge in [-0.2, -0.15) is 0 Å². The van der Waals surface area contributed by atoms with Crippen LogP contribution in [0.3, 0.4) is 0 Å². The molecule has 3 heterocycles. The van der Waals surface area contributed by atoms with Crippen LogP contribution in [0.15, 0.2) is 48.5 Å². The van der Waals surface area contributed by atoms with Crippen LogP contribution in [-0.2, 0) is 0 Å². The average Bonchev–Trinajstić information content (AvgIpc) is 2.66. The molecular formula is C22H27N3O2. The second-order valence-electron chi connectivity index (χ2n) is 8.26. The molecule has 2 saturated heterocycles. The first-order valence-electron chi connectivity index (χ1n) is 9.72. The van der Waals surface area contributed by atoms with Gasteiger partial charge < -0.3 is 14.7 Å². The van der Waals surface area contributed by atoms with Crippen LogP contribution in [0.1, 0.15) is 29.8 Å². The molecule has 4 atom stereocenters. The van der Waals surface area contributed by atoms with Crippen LogP contribution < -0.4 is 4.74 Å². The van der Waals surface area contributed by atoms with Crippen LogP contribution in [0.2, 0.25) is 0 Å². The molecule has 1 N–H and O–H groups in total. The summed E-state index contributed by atoms with van der Waals surface area (Å²) in [7, 11) is 6.55. The predicted molar refractivity (Wildman–Crippen MR) is 105 cm³/mol. The van der Waals surface area contributed by atoms with Gasteiger partial charge in [0.2, 0.25) is 0 Å². The van der Waals surface area contributed by atoms with Crippen molar-refractivity contribution >= 4 is 0 Å². The maximum Gasteiger partial charge on any atom is 0.171 e. The van der Waals surface area contributed by atoms with Crippen LogP contribution >= 0.6 is 0 Å². The van der Waals surface area contributed by atoms with Crippen molar-refractivity contribution in [3.8, 4) is 11.5 Å². The Hall–Kier alpha value is -2.08. The standard InChI is InChI=1S/C22H27N3O2/c1-23-13-12-22-17(14-23)20(15-8-4-6-10-18(15)26)24(2)21(25(22)3)16-9-5-7-11-19(16)27-22/h4-11,17,20-21,26H,12-14H2,1-3H3/t17-,20-,21+,22-/m0/s1. The van der Waals surface area contributed by atoms with Crippen molar-refractivity contribution in [2.45, 2.75) is 24.4 Å². The number of benzene rings is 2. The molecule has 0 saturated carbocycles. The summed E-state index contributed by atoms with van der Waals surface area (Å²) < 4.78 is 6.79. The van der Waals surface area contributed by atoms with Gasteiger partial charge in [-0.15, -0.1) is 0 Å². The van der Waals surface area contributed by atoms with Gasteiger partial charge in [-0.1, -0.05) is 36.4 Å². The Morgan fingerprint density at radius 2 is 1.70 bits per heavy atom. The van der Waals surface area contributed by atoms with Gasteiger partial charge in [-0.3, -0.25) is 4.90 Å². The van der Waals surface area contributed by atoms with Crippen LogP contribution in [0.5, 0.6) is 11.5 Å². The summed E-state index contributed by atoms with van der Waals surface area (Å²) in [6.07, 6.45) is 1.08. The van der Waals surface area contributed by atoms with E-state index in [1.54, 1.807) is 6.07 Å². The fourth-order valence-corrected chi connectivity index (χ4v) is 5.58. The van der Waals surface area contributed by atoms with E-state index in [1.165, 1.54) is 5.56 Å². The van der Waals surface area contributed by atoms with E-state index in [-0.39, 0.29) is 23.9 Å². The Labute approximate surface area is 160 Å². The summed E-state index contributed by atoms with van der Waals surface area (Å²) in [5.74, 6) is 1.59. The third kappa shape index (κ3) is 2.29. The summed E-state index contributed by atoms with van der Waals surface area (Å²) in [4.78, 5) is 7.22. The molecule has 1 spiro atoms. The lowest BCUT2D eigenvalue weighted by Gasteiger charge is -2.64. The van der Waals surface area contributed by atoms with E-state index in [4.69, 9.17) is 4.74 Å². The molecule has 0 aromatic heterocycles. The molecular weight excluding hydrogens is 338 g/mol. The first-order chi connectivity index (χ1) is 13.0. The van der Waals surface area contributed by atoms with Crippen LogP contribution in [0, 0.1) is 5.92 Å². The van der Waals surface area contributed by atoms with Crippen molar-refractivity contribution in [2.24, 2.45) is 5.92 Å². The zero-order valence-corrected chi connectivity index (χ0v) is 16.2. The number of hydrogen-bond donors (Lipinski definition) is 1. The quantitative estimate of drug-likeness (QED) is 0.841. The third-order valence-electron chi connectivity index (χ3n) is 6.85. The highest BCUT2D eigenvalue weighted by atomic mass is 16.5. The summed E-state index contributed by atoms with van der Waals surface area (Å²) >= 11 is 0. The van der Waals surface area contributed by atoms with Gasteiger partial charge in [0.15, 0.2) is 5.72 Å². The number of rotatable bonds is 1. The van der Waals surface area contributed by atoms with Gasteiger partial charge in [0.05, 0.1) is 6.17 Å². The van der Waals surface area contributed by atoms with Crippen LogP contribution in [-0.4, -0.2) is 59.8 Å². The predicted octanol–water partition coefficient (Wildman–Crippen LogP) is 3.05. The third-order valence-corrected chi connectivity index (χ3v) is 6.85. The first-order valence-corrected chi connectivity index (χ1v) is 9.72. The molecule has 0 aliphatic carbocycles. The van der Waals surface area contributed by atoms with Crippen molar-refractivity contribution in [1.29, 1.82) is 0 Å². The summed E-state index contributed by atoms with van der Waals surface area (Å²) in [5, 5.41) is 10.7. The highest BCUT2D eigenvalue weighted by Crippen LogP contribution is 2.57. The van der Waals surface area contributed by atoms with E-state index in [0.29, 0.717) is 5.75 Å². The van der Waals surface area contributed by atoms with Crippen molar-refractivity contribution < 1.29 is 9.84 Å². The minimum absolute atomic E-state index is 0.0866. The molecule has 2 aromatic rings. The van der Waals surface area contributed by atoms with Crippen molar-refractivity contribution in [3.63, 3.8) is 0 Å². The second kappa shape index (κ2) is 5.96. The Balaban J connectivity index is 1.72. The Kier molecular flexibility index (Phi) is 3.76. The molecule has 27 heavy (non-hydrogen) atoms. The topological polar surface area (TPSA) is 39.2 Å². The SMILES string of the molecule is CN1CC[C@]23Oc4ccccc4[C@H](N(C)[C@@H](c4ccccc4O)[C@@H]2C1)N3C. The molecule has 3 aliphatic rings. The largest absolute Gasteiger partial charge is 0.508 e. The molecule has 3 aliphatic heterocycles. The molecule has 2 fully saturated rings. The number of likely N-dealkylation sites (tertiary alicyclic amines) is 1. The normalized spacial score (nSPS) is 33.8. The highest BCUT2D eigenvalue weighted by Gasteiger charge is 2.61. The second-order valence-corrected chi connectivity index (χ2v) is 8.26. The Morgan fingerprint density at radius 1 is 1.00 bits per heavy atom. The highest BCUT2D eigenvalue weighted by molar-refractivity contribution is 5.43. The molecule has 0 radical (unpaired) electrons. The zero-order chi connectivity index (χ0) is 18.8. The Morgan fingerprint density at radius 3 is 2.48 bits per heavy atom. The number of para-hydroxylation sites is 2. The number of fused-ring (bicyclic) bond motifs is 3. The Bertz CT molecular complexity index is 872. The van der Waals surface area contributed by atoms with Gasteiger partial charge in [0, 0.05) is 42.6 Å². The smallest absolute Gasteiger partial charge is 0.171 e. The fourth-order valence-electron chi connectivity index (χ4n) is 5.58. The van der Waals surface area contributed by atoms with Crippen molar-refractivity contribution in [1.82, 2.24) is 14.7 Å². The van der Waals surface area contributed by atoms with E-state index >= 15 is 0 Å². The summed E-state index contributed by atoms with van der Waals surface area (Å²) in [6, 6.07) is 16.3. The van der Waals surface area contributed by atoms with E-state index in [2.05, 4.69) is 66.2 Å². The van der Waals surface area contributed by atoms with Crippen molar-refractivity contribution in [2.75, 3.05) is 34.2 Å². The van der Waals surface area contributed by atoms with Gasteiger partial charge in [-0.25, -0.2) is 4.90 Å². The zero-order valence-electron chi connectivity index (χ0n) is 16.2. The molecule has 0 unspecified atom stereocenters. The maximum atomic E-state index is 10.7. The number of phenolic OH excluding ortho intramolecular Hbond substituents is 1. The number of aromatic hydroxyl groups is 1. The molecule has 2 aromatic carbocycles. The number of phenols is 1. The van der Waals surface area contributed by atoms with E-state index in [1.807, 2.05) is 12.1 Å². The van der Waals surface area contributed by atoms with Crippen LogP contribution in [0.4, 0.5) is 0 Å². The van der Waals surface area contributed by atoms with Gasteiger partial charge >= 0.3 is 0 Å².